The van der Waals surface area contributed by atoms with Crippen molar-refractivity contribution in [3.8, 4) is 11.5 Å². The van der Waals surface area contributed by atoms with Crippen LogP contribution in [0.4, 0.5) is 5.69 Å². The van der Waals surface area contributed by atoms with Gasteiger partial charge in [-0.2, -0.15) is 0 Å². The minimum absolute atomic E-state index is 0.0959. The monoisotopic (exact) mass is 328 g/mol. The quantitative estimate of drug-likeness (QED) is 0.768. The van der Waals surface area contributed by atoms with Gasteiger partial charge < -0.3 is 9.73 Å². The van der Waals surface area contributed by atoms with Crippen LogP contribution in [0.5, 0.6) is 0 Å². The van der Waals surface area contributed by atoms with E-state index < -0.39 is 0 Å². The molecule has 0 radical (unpaired) electrons. The lowest BCUT2D eigenvalue weighted by Gasteiger charge is -2.13. The summed E-state index contributed by atoms with van der Waals surface area (Å²) in [4.78, 5) is 4.70. The number of benzene rings is 1. The summed E-state index contributed by atoms with van der Waals surface area (Å²) in [7, 11) is 0. The van der Waals surface area contributed by atoms with E-state index in [9.17, 15) is 0 Å². The third-order valence-electron chi connectivity index (χ3n) is 3.30. The zero-order chi connectivity index (χ0) is 16.4. The molecule has 0 bridgehead atoms. The SMILES string of the molecule is Cc1nnc(-c2cccc(NCc3csc(C(C)(C)C)n3)c2)o1. The molecule has 0 aliphatic heterocycles. The maximum Gasteiger partial charge on any atom is 0.247 e. The van der Waals surface area contributed by atoms with Crippen LogP contribution in [0.2, 0.25) is 0 Å². The molecule has 0 spiro atoms. The Morgan fingerprint density at radius 3 is 2.70 bits per heavy atom. The molecule has 0 saturated heterocycles. The van der Waals surface area contributed by atoms with Crippen molar-refractivity contribution in [3.05, 3.63) is 46.2 Å². The number of rotatable bonds is 4. The molecule has 0 atom stereocenters. The number of aromatic nitrogens is 3. The fraction of sp³-hybridized carbons (Fsp3) is 0.353. The molecule has 0 unspecified atom stereocenters. The second-order valence-electron chi connectivity index (χ2n) is 6.45. The van der Waals surface area contributed by atoms with Crippen LogP contribution in [0.15, 0.2) is 34.1 Å². The van der Waals surface area contributed by atoms with E-state index in [0.29, 0.717) is 18.3 Å². The Morgan fingerprint density at radius 1 is 1.22 bits per heavy atom. The van der Waals surface area contributed by atoms with Crippen LogP contribution in [-0.4, -0.2) is 15.2 Å². The third kappa shape index (κ3) is 3.76. The molecule has 3 aromatic rings. The van der Waals surface area contributed by atoms with Gasteiger partial charge in [-0.3, -0.25) is 0 Å². The summed E-state index contributed by atoms with van der Waals surface area (Å²) in [6, 6.07) is 7.95. The largest absolute Gasteiger partial charge is 0.421 e. The third-order valence-corrected chi connectivity index (χ3v) is 4.62. The molecule has 1 N–H and O–H groups in total. The molecular formula is C17H20N4OS. The molecule has 2 aromatic heterocycles. The Kier molecular flexibility index (Phi) is 4.17. The van der Waals surface area contributed by atoms with Gasteiger partial charge in [0.1, 0.15) is 0 Å². The number of thiazole rings is 1. The first kappa shape index (κ1) is 15.7. The fourth-order valence-corrected chi connectivity index (χ4v) is 3.01. The lowest BCUT2D eigenvalue weighted by atomic mass is 9.98. The summed E-state index contributed by atoms with van der Waals surface area (Å²) in [5, 5.41) is 14.6. The van der Waals surface area contributed by atoms with Crippen molar-refractivity contribution in [2.75, 3.05) is 5.32 Å². The molecule has 0 aliphatic rings. The highest BCUT2D eigenvalue weighted by molar-refractivity contribution is 7.09. The number of nitrogens with zero attached hydrogens (tertiary/aromatic N) is 3. The van der Waals surface area contributed by atoms with Crippen LogP contribution in [0, 0.1) is 6.92 Å². The van der Waals surface area contributed by atoms with E-state index in [0.717, 1.165) is 22.0 Å². The van der Waals surface area contributed by atoms with Crippen molar-refractivity contribution in [1.29, 1.82) is 0 Å². The van der Waals surface area contributed by atoms with Crippen molar-refractivity contribution < 1.29 is 4.42 Å². The Bertz CT molecular complexity index is 801. The van der Waals surface area contributed by atoms with Crippen molar-refractivity contribution in [3.63, 3.8) is 0 Å². The van der Waals surface area contributed by atoms with E-state index in [-0.39, 0.29) is 5.41 Å². The predicted molar refractivity (Wildman–Crippen MR) is 92.6 cm³/mol. The molecule has 120 valence electrons. The Balaban J connectivity index is 1.70. The highest BCUT2D eigenvalue weighted by Gasteiger charge is 2.17. The van der Waals surface area contributed by atoms with Crippen LogP contribution >= 0.6 is 11.3 Å². The van der Waals surface area contributed by atoms with Gasteiger partial charge in [-0.25, -0.2) is 4.98 Å². The number of anilines is 1. The maximum absolute atomic E-state index is 5.47. The van der Waals surface area contributed by atoms with Crippen LogP contribution < -0.4 is 5.32 Å². The Morgan fingerprint density at radius 2 is 2.04 bits per heavy atom. The molecule has 2 heterocycles. The molecule has 1 aromatic carbocycles. The van der Waals surface area contributed by atoms with Crippen molar-refractivity contribution in [2.45, 2.75) is 39.7 Å². The maximum atomic E-state index is 5.47. The summed E-state index contributed by atoms with van der Waals surface area (Å²) in [5.74, 6) is 1.10. The summed E-state index contributed by atoms with van der Waals surface area (Å²) in [6.45, 7) is 9.02. The molecule has 3 rings (SSSR count). The van der Waals surface area contributed by atoms with Gasteiger partial charge in [0.2, 0.25) is 11.8 Å². The summed E-state index contributed by atoms with van der Waals surface area (Å²) in [6.07, 6.45) is 0. The zero-order valence-corrected chi connectivity index (χ0v) is 14.6. The zero-order valence-electron chi connectivity index (χ0n) is 13.8. The van der Waals surface area contributed by atoms with Gasteiger partial charge in [0, 0.05) is 29.0 Å². The second kappa shape index (κ2) is 6.12. The minimum Gasteiger partial charge on any atom is -0.421 e. The van der Waals surface area contributed by atoms with E-state index in [1.54, 1.807) is 18.3 Å². The van der Waals surface area contributed by atoms with E-state index in [1.165, 1.54) is 0 Å². The predicted octanol–water partition coefficient (Wildman–Crippen LogP) is 4.41. The first-order valence-corrected chi connectivity index (χ1v) is 8.39. The highest BCUT2D eigenvalue weighted by Crippen LogP contribution is 2.26. The van der Waals surface area contributed by atoms with E-state index >= 15 is 0 Å². The van der Waals surface area contributed by atoms with Gasteiger partial charge >= 0.3 is 0 Å². The molecule has 5 nitrogen and oxygen atoms in total. The summed E-state index contributed by atoms with van der Waals surface area (Å²) >= 11 is 1.71. The fourth-order valence-electron chi connectivity index (χ4n) is 2.10. The topological polar surface area (TPSA) is 63.8 Å². The van der Waals surface area contributed by atoms with Gasteiger partial charge in [0.05, 0.1) is 17.2 Å². The second-order valence-corrected chi connectivity index (χ2v) is 7.31. The Hall–Kier alpha value is -2.21. The molecule has 23 heavy (non-hydrogen) atoms. The van der Waals surface area contributed by atoms with Gasteiger partial charge in [0.15, 0.2) is 0 Å². The lowest BCUT2D eigenvalue weighted by Crippen LogP contribution is -2.11. The number of nitrogens with one attached hydrogen (secondary N) is 1. The number of aryl methyl sites for hydroxylation is 1. The molecule has 6 heteroatoms. The number of hydrogen-bond donors (Lipinski definition) is 1. The molecule has 0 saturated carbocycles. The van der Waals surface area contributed by atoms with Crippen molar-refractivity contribution >= 4 is 17.0 Å². The molecule has 0 fully saturated rings. The van der Waals surface area contributed by atoms with E-state index in [4.69, 9.17) is 9.40 Å². The van der Waals surface area contributed by atoms with Crippen molar-refractivity contribution in [2.24, 2.45) is 0 Å². The molecule has 0 aliphatic carbocycles. The summed E-state index contributed by atoms with van der Waals surface area (Å²) < 4.78 is 5.47. The van der Waals surface area contributed by atoms with Crippen molar-refractivity contribution in [1.82, 2.24) is 15.2 Å². The first-order chi connectivity index (χ1) is 10.9. The van der Waals surface area contributed by atoms with Gasteiger partial charge in [-0.05, 0) is 18.2 Å². The average molecular weight is 328 g/mol. The van der Waals surface area contributed by atoms with Crippen LogP contribution in [0.1, 0.15) is 37.4 Å². The van der Waals surface area contributed by atoms with Crippen LogP contribution in [0.25, 0.3) is 11.5 Å². The molecular weight excluding hydrogens is 308 g/mol. The average Bonchev–Trinajstić information content (AvgIpc) is 3.14. The number of hydrogen-bond acceptors (Lipinski definition) is 6. The highest BCUT2D eigenvalue weighted by atomic mass is 32.1. The van der Waals surface area contributed by atoms with Crippen LogP contribution in [0.3, 0.4) is 0 Å². The Labute approximate surface area is 139 Å². The van der Waals surface area contributed by atoms with Crippen LogP contribution in [-0.2, 0) is 12.0 Å². The smallest absolute Gasteiger partial charge is 0.247 e. The van der Waals surface area contributed by atoms with Gasteiger partial charge in [0.25, 0.3) is 0 Å². The summed E-state index contributed by atoms with van der Waals surface area (Å²) in [5.41, 5.74) is 3.06. The standard InChI is InChI=1S/C17H20N4OS/c1-11-20-21-15(22-11)12-6-5-7-13(8-12)18-9-14-10-23-16(19-14)17(2,3)4/h5-8,10,18H,9H2,1-4H3. The first-order valence-electron chi connectivity index (χ1n) is 7.51. The lowest BCUT2D eigenvalue weighted by molar-refractivity contribution is 0.533. The molecule has 0 amide bonds. The minimum atomic E-state index is 0.0959. The van der Waals surface area contributed by atoms with E-state index in [2.05, 4.69) is 41.7 Å². The van der Waals surface area contributed by atoms with Gasteiger partial charge in [-0.15, -0.1) is 21.5 Å². The van der Waals surface area contributed by atoms with E-state index in [1.807, 2.05) is 24.3 Å². The normalized spacial score (nSPS) is 11.7. The van der Waals surface area contributed by atoms with Gasteiger partial charge in [-0.1, -0.05) is 26.8 Å².